The van der Waals surface area contributed by atoms with Crippen LogP contribution in [0.3, 0.4) is 0 Å². The highest BCUT2D eigenvalue weighted by Crippen LogP contribution is 2.24. The minimum atomic E-state index is -3.49. The van der Waals surface area contributed by atoms with Gasteiger partial charge in [0.1, 0.15) is 10.6 Å². The van der Waals surface area contributed by atoms with Crippen molar-refractivity contribution in [2.75, 3.05) is 12.9 Å². The molecule has 3 aromatic rings. The van der Waals surface area contributed by atoms with E-state index in [-0.39, 0.29) is 29.3 Å². The van der Waals surface area contributed by atoms with Gasteiger partial charge in [0.2, 0.25) is 0 Å². The van der Waals surface area contributed by atoms with Crippen molar-refractivity contribution < 1.29 is 13.2 Å². The summed E-state index contributed by atoms with van der Waals surface area (Å²) in [5.74, 6) is 0.232. The second-order valence-corrected chi connectivity index (χ2v) is 7.34. The van der Waals surface area contributed by atoms with E-state index >= 15 is 0 Å². The number of pyridine rings is 1. The summed E-state index contributed by atoms with van der Waals surface area (Å²) < 4.78 is 32.7. The number of hydrogen-bond donors (Lipinski definition) is 0. The molecule has 2 heterocycles. The Hall–Kier alpha value is -2.61. The molecule has 0 radical (unpaired) electrons. The van der Waals surface area contributed by atoms with Crippen LogP contribution >= 0.6 is 0 Å². The van der Waals surface area contributed by atoms with Gasteiger partial charge < -0.3 is 4.74 Å². The molecule has 1 aromatic carbocycles. The Labute approximate surface area is 139 Å². The van der Waals surface area contributed by atoms with Gasteiger partial charge in [-0.3, -0.25) is 4.40 Å². The minimum absolute atomic E-state index is 0.0896. The average Bonchev–Trinajstić information content (AvgIpc) is 2.91. The summed E-state index contributed by atoms with van der Waals surface area (Å²) in [6.07, 6.45) is 1.91. The lowest BCUT2D eigenvalue weighted by molar-refractivity contribution is 0.402. The lowest BCUT2D eigenvalue weighted by Gasteiger charge is -2.09. The van der Waals surface area contributed by atoms with E-state index in [0.717, 1.165) is 0 Å². The molecule has 0 saturated carbocycles. The van der Waals surface area contributed by atoms with E-state index in [2.05, 4.69) is 5.10 Å². The van der Waals surface area contributed by atoms with Gasteiger partial charge in [-0.1, -0.05) is 18.2 Å². The number of aryl methyl sites for hydroxylation is 1. The molecule has 0 saturated heterocycles. The average molecular weight is 347 g/mol. The van der Waals surface area contributed by atoms with Crippen molar-refractivity contribution in [2.24, 2.45) is 0 Å². The number of para-hydroxylation sites is 1. The summed E-state index contributed by atoms with van der Waals surface area (Å²) in [4.78, 5) is 12.3. The molecule has 0 N–H and O–H groups in total. The van der Waals surface area contributed by atoms with E-state index < -0.39 is 9.84 Å². The molecule has 0 bridgehead atoms. The van der Waals surface area contributed by atoms with Gasteiger partial charge in [-0.05, 0) is 30.7 Å². The standard InChI is InChI=1S/C16H17N3O4S/c1-23-13-7-2-3-8-14(13)24(21,22)12-6-11-19-16(20)18-10-5-4-9-15(18)17-19/h2-5,7-10H,6,11-12H2,1H3. The maximum absolute atomic E-state index is 12.5. The molecule has 0 spiro atoms. The SMILES string of the molecule is COc1ccccc1S(=O)(=O)CCCn1nc2ccccn2c1=O. The van der Waals surface area contributed by atoms with Gasteiger partial charge in [0.05, 0.1) is 12.9 Å². The predicted molar refractivity (Wildman–Crippen MR) is 89.1 cm³/mol. The fourth-order valence-corrected chi connectivity index (χ4v) is 3.98. The van der Waals surface area contributed by atoms with Crippen molar-refractivity contribution in [1.82, 2.24) is 14.2 Å². The Bertz CT molecular complexity index is 1020. The monoisotopic (exact) mass is 347 g/mol. The number of methoxy groups -OCH3 is 1. The van der Waals surface area contributed by atoms with Gasteiger partial charge in [-0.15, -0.1) is 5.10 Å². The number of aromatic nitrogens is 3. The van der Waals surface area contributed by atoms with Crippen LogP contribution in [-0.2, 0) is 16.4 Å². The highest BCUT2D eigenvalue weighted by Gasteiger charge is 2.19. The lowest BCUT2D eigenvalue weighted by atomic mass is 10.3. The summed E-state index contributed by atoms with van der Waals surface area (Å²) in [6, 6.07) is 11.8. The Morgan fingerprint density at radius 3 is 2.62 bits per heavy atom. The van der Waals surface area contributed by atoms with Crippen LogP contribution in [0.2, 0.25) is 0 Å². The lowest BCUT2D eigenvalue weighted by Crippen LogP contribution is -2.22. The number of nitrogens with zero attached hydrogens (tertiary/aromatic N) is 3. The van der Waals surface area contributed by atoms with Crippen molar-refractivity contribution in [1.29, 1.82) is 0 Å². The van der Waals surface area contributed by atoms with Crippen LogP contribution in [0.5, 0.6) is 5.75 Å². The second kappa shape index (κ2) is 6.48. The van der Waals surface area contributed by atoms with E-state index in [4.69, 9.17) is 4.74 Å². The highest BCUT2D eigenvalue weighted by atomic mass is 32.2. The Balaban J connectivity index is 1.75. The molecule has 3 rings (SSSR count). The number of sulfone groups is 1. The molecule has 0 amide bonds. The highest BCUT2D eigenvalue weighted by molar-refractivity contribution is 7.91. The van der Waals surface area contributed by atoms with Gasteiger partial charge in [0.15, 0.2) is 15.5 Å². The van der Waals surface area contributed by atoms with Crippen molar-refractivity contribution in [2.45, 2.75) is 17.9 Å². The van der Waals surface area contributed by atoms with Crippen LogP contribution in [0.4, 0.5) is 0 Å². The smallest absolute Gasteiger partial charge is 0.350 e. The quantitative estimate of drug-likeness (QED) is 0.672. The maximum Gasteiger partial charge on any atom is 0.350 e. The van der Waals surface area contributed by atoms with Crippen molar-refractivity contribution in [3.63, 3.8) is 0 Å². The summed E-state index contributed by atoms with van der Waals surface area (Å²) in [6.45, 7) is 0.231. The van der Waals surface area contributed by atoms with Gasteiger partial charge in [0.25, 0.3) is 0 Å². The van der Waals surface area contributed by atoms with Crippen LogP contribution in [0.25, 0.3) is 5.65 Å². The molecule has 0 unspecified atom stereocenters. The minimum Gasteiger partial charge on any atom is -0.495 e. The zero-order chi connectivity index (χ0) is 17.2. The first-order chi connectivity index (χ1) is 11.5. The number of fused-ring (bicyclic) bond motifs is 1. The Kier molecular flexibility index (Phi) is 4.39. The first-order valence-electron chi connectivity index (χ1n) is 7.43. The zero-order valence-corrected chi connectivity index (χ0v) is 13.9. The van der Waals surface area contributed by atoms with Crippen LogP contribution in [0, 0.1) is 0 Å². The van der Waals surface area contributed by atoms with Crippen LogP contribution < -0.4 is 10.4 Å². The van der Waals surface area contributed by atoms with Gasteiger partial charge >= 0.3 is 5.69 Å². The molecule has 0 aliphatic rings. The van der Waals surface area contributed by atoms with Gasteiger partial charge in [0, 0.05) is 12.7 Å². The van der Waals surface area contributed by atoms with E-state index in [0.29, 0.717) is 11.4 Å². The number of benzene rings is 1. The largest absolute Gasteiger partial charge is 0.495 e. The molecule has 8 heteroatoms. The molecular formula is C16H17N3O4S. The van der Waals surface area contributed by atoms with E-state index in [9.17, 15) is 13.2 Å². The first kappa shape index (κ1) is 16.3. The van der Waals surface area contributed by atoms with E-state index in [1.807, 2.05) is 0 Å². The van der Waals surface area contributed by atoms with Crippen LogP contribution in [0.1, 0.15) is 6.42 Å². The maximum atomic E-state index is 12.5. The third kappa shape index (κ3) is 3.05. The summed E-state index contributed by atoms with van der Waals surface area (Å²) >= 11 is 0. The summed E-state index contributed by atoms with van der Waals surface area (Å²) in [5.41, 5.74) is 0.260. The summed E-state index contributed by atoms with van der Waals surface area (Å²) in [5, 5.41) is 4.19. The molecule has 24 heavy (non-hydrogen) atoms. The van der Waals surface area contributed by atoms with Gasteiger partial charge in [-0.25, -0.2) is 17.9 Å². The molecule has 0 aliphatic heterocycles. The van der Waals surface area contributed by atoms with E-state index in [1.54, 1.807) is 42.6 Å². The molecule has 0 aliphatic carbocycles. The molecule has 126 valence electrons. The number of ether oxygens (including phenoxy) is 1. The van der Waals surface area contributed by atoms with Crippen LogP contribution in [0.15, 0.2) is 58.4 Å². The molecular weight excluding hydrogens is 330 g/mol. The molecule has 7 nitrogen and oxygen atoms in total. The number of hydrogen-bond acceptors (Lipinski definition) is 5. The fraction of sp³-hybridized carbons (Fsp3) is 0.250. The van der Waals surface area contributed by atoms with Crippen molar-refractivity contribution in [3.05, 3.63) is 59.1 Å². The topological polar surface area (TPSA) is 82.7 Å². The van der Waals surface area contributed by atoms with E-state index in [1.165, 1.54) is 22.3 Å². The Morgan fingerprint density at radius 1 is 1.12 bits per heavy atom. The Morgan fingerprint density at radius 2 is 1.88 bits per heavy atom. The van der Waals surface area contributed by atoms with Crippen molar-refractivity contribution >= 4 is 15.5 Å². The van der Waals surface area contributed by atoms with Crippen LogP contribution in [-0.4, -0.2) is 35.5 Å². The molecule has 2 aromatic heterocycles. The second-order valence-electron chi connectivity index (χ2n) is 5.26. The molecule has 0 fully saturated rings. The third-order valence-corrected chi connectivity index (χ3v) is 5.51. The fourth-order valence-electron chi connectivity index (χ4n) is 2.50. The first-order valence-corrected chi connectivity index (χ1v) is 9.08. The van der Waals surface area contributed by atoms with Crippen molar-refractivity contribution in [3.8, 4) is 5.75 Å². The van der Waals surface area contributed by atoms with Gasteiger partial charge in [-0.2, -0.15) is 0 Å². The number of rotatable bonds is 6. The predicted octanol–water partition coefficient (Wildman–Crippen LogP) is 1.37. The summed E-state index contributed by atoms with van der Waals surface area (Å²) in [7, 11) is -2.06. The normalized spacial score (nSPS) is 11.7. The molecule has 0 atom stereocenters. The third-order valence-electron chi connectivity index (χ3n) is 3.68. The zero-order valence-electron chi connectivity index (χ0n) is 13.1.